The van der Waals surface area contributed by atoms with E-state index in [1.165, 1.54) is 11.1 Å². The lowest BCUT2D eigenvalue weighted by atomic mass is 10.2. The monoisotopic (exact) mass is 417 g/mol. The number of aromatic nitrogens is 2. The Morgan fingerprint density at radius 2 is 1.89 bits per heavy atom. The minimum atomic E-state index is -4.41. The zero-order chi connectivity index (χ0) is 19.4. The highest BCUT2D eigenvalue weighted by molar-refractivity contribution is 5.95. The number of hydrogen-bond donors (Lipinski definition) is 2. The van der Waals surface area contributed by atoms with Gasteiger partial charge in [-0.05, 0) is 19.1 Å². The number of para-hydroxylation sites is 1. The Kier molecular flexibility index (Phi) is 7.45. The molecule has 1 saturated heterocycles. The molecular formula is C18H23ClF3N5O. The summed E-state index contributed by atoms with van der Waals surface area (Å²) in [6.45, 7) is 2.83. The zero-order valence-electron chi connectivity index (χ0n) is 15.4. The molecule has 2 aromatic rings. The maximum atomic E-state index is 13.4. The van der Waals surface area contributed by atoms with Crippen molar-refractivity contribution in [2.45, 2.75) is 19.1 Å². The second kappa shape index (κ2) is 9.40. The van der Waals surface area contributed by atoms with Crippen LogP contribution in [-0.2, 0) is 0 Å². The van der Waals surface area contributed by atoms with Gasteiger partial charge in [-0.25, -0.2) is 4.68 Å². The van der Waals surface area contributed by atoms with Crippen molar-refractivity contribution in [2.75, 3.05) is 32.7 Å². The van der Waals surface area contributed by atoms with E-state index < -0.39 is 24.7 Å². The van der Waals surface area contributed by atoms with Crippen LogP contribution >= 0.6 is 12.4 Å². The average Bonchev–Trinajstić information content (AvgIpc) is 3.04. The predicted molar refractivity (Wildman–Crippen MR) is 102 cm³/mol. The quantitative estimate of drug-likeness (QED) is 0.782. The second-order valence-corrected chi connectivity index (χ2v) is 6.44. The summed E-state index contributed by atoms with van der Waals surface area (Å²) in [6.07, 6.45) is -3.03. The Balaban J connectivity index is 0.00000280. The first-order valence-corrected chi connectivity index (χ1v) is 8.77. The number of nitrogens with zero attached hydrogens (tertiary/aromatic N) is 3. The van der Waals surface area contributed by atoms with Crippen LogP contribution in [0.1, 0.15) is 16.1 Å². The van der Waals surface area contributed by atoms with Crippen LogP contribution in [0.2, 0.25) is 0 Å². The molecule has 1 atom stereocenters. The van der Waals surface area contributed by atoms with Crippen LogP contribution in [0.25, 0.3) is 5.69 Å². The topological polar surface area (TPSA) is 62.2 Å². The number of alkyl halides is 3. The minimum absolute atomic E-state index is 0. The van der Waals surface area contributed by atoms with Crippen LogP contribution < -0.4 is 10.6 Å². The van der Waals surface area contributed by atoms with E-state index in [1.807, 2.05) is 30.3 Å². The number of carbonyl (C=O) groups is 1. The molecule has 1 aromatic heterocycles. The molecule has 0 aliphatic carbocycles. The summed E-state index contributed by atoms with van der Waals surface area (Å²) in [4.78, 5) is 13.8. The van der Waals surface area contributed by atoms with Gasteiger partial charge in [0.1, 0.15) is 6.04 Å². The first-order valence-electron chi connectivity index (χ1n) is 8.77. The van der Waals surface area contributed by atoms with E-state index in [0.717, 1.165) is 5.69 Å². The van der Waals surface area contributed by atoms with E-state index >= 15 is 0 Å². The summed E-state index contributed by atoms with van der Waals surface area (Å²) in [6, 6.07) is 7.53. The van der Waals surface area contributed by atoms with Crippen LogP contribution in [0.15, 0.2) is 36.5 Å². The Hall–Kier alpha value is -2.10. The number of hydrogen-bond acceptors (Lipinski definition) is 4. The minimum Gasteiger partial charge on any atom is -0.350 e. The third kappa shape index (κ3) is 5.03. The summed E-state index contributed by atoms with van der Waals surface area (Å²) in [5.41, 5.74) is 1.62. The molecule has 0 radical (unpaired) electrons. The highest BCUT2D eigenvalue weighted by atomic mass is 35.5. The van der Waals surface area contributed by atoms with Crippen molar-refractivity contribution in [3.8, 4) is 5.69 Å². The van der Waals surface area contributed by atoms with E-state index in [0.29, 0.717) is 31.9 Å². The van der Waals surface area contributed by atoms with Gasteiger partial charge in [-0.15, -0.1) is 12.4 Å². The summed E-state index contributed by atoms with van der Waals surface area (Å²) >= 11 is 0. The maximum Gasteiger partial charge on any atom is 0.405 e. The molecule has 1 amide bonds. The first-order chi connectivity index (χ1) is 12.9. The highest BCUT2D eigenvalue weighted by Gasteiger charge is 2.43. The Labute approximate surface area is 167 Å². The third-order valence-corrected chi connectivity index (χ3v) is 4.68. The van der Waals surface area contributed by atoms with Crippen molar-refractivity contribution in [3.05, 3.63) is 47.8 Å². The molecule has 1 aliphatic heterocycles. The van der Waals surface area contributed by atoms with Crippen molar-refractivity contribution in [1.82, 2.24) is 25.3 Å². The van der Waals surface area contributed by atoms with E-state index in [9.17, 15) is 18.0 Å². The van der Waals surface area contributed by atoms with Crippen molar-refractivity contribution in [3.63, 3.8) is 0 Å². The van der Waals surface area contributed by atoms with Gasteiger partial charge in [-0.3, -0.25) is 9.69 Å². The smallest absolute Gasteiger partial charge is 0.350 e. The van der Waals surface area contributed by atoms with Gasteiger partial charge in [0, 0.05) is 32.7 Å². The molecule has 1 unspecified atom stereocenters. The standard InChI is InChI=1S/C18H22F3N5O.ClH/c1-13-15(11-24-26(13)14-5-3-2-4-6-14)17(27)23-12-16(18(19,20)21)25-9-7-22-8-10-25;/h2-6,11,16,22H,7-10,12H2,1H3,(H,23,27);1H. The van der Waals surface area contributed by atoms with Crippen LogP contribution in [0.5, 0.6) is 0 Å². The SMILES string of the molecule is Cc1c(C(=O)NCC(N2CCNCC2)C(F)(F)F)cnn1-c1ccccc1.Cl. The largest absolute Gasteiger partial charge is 0.405 e. The second-order valence-electron chi connectivity index (χ2n) is 6.44. The lowest BCUT2D eigenvalue weighted by molar-refractivity contribution is -0.183. The molecule has 154 valence electrons. The van der Waals surface area contributed by atoms with Crippen LogP contribution in [0.3, 0.4) is 0 Å². The summed E-state index contributed by atoms with van der Waals surface area (Å²) < 4.78 is 41.9. The molecular weight excluding hydrogens is 395 g/mol. The molecule has 3 rings (SSSR count). The fourth-order valence-electron chi connectivity index (χ4n) is 3.19. The van der Waals surface area contributed by atoms with Gasteiger partial charge in [0.25, 0.3) is 5.91 Å². The number of carbonyl (C=O) groups excluding carboxylic acids is 1. The molecule has 0 spiro atoms. The molecule has 6 nitrogen and oxygen atoms in total. The number of piperazine rings is 1. The number of amides is 1. The van der Waals surface area contributed by atoms with Gasteiger partial charge < -0.3 is 10.6 Å². The third-order valence-electron chi connectivity index (χ3n) is 4.68. The van der Waals surface area contributed by atoms with Crippen LogP contribution in [-0.4, -0.2) is 65.5 Å². The van der Waals surface area contributed by atoms with E-state index in [-0.39, 0.29) is 18.0 Å². The molecule has 28 heavy (non-hydrogen) atoms. The fraction of sp³-hybridized carbons (Fsp3) is 0.444. The number of nitrogens with one attached hydrogen (secondary N) is 2. The van der Waals surface area contributed by atoms with Gasteiger partial charge in [0.2, 0.25) is 0 Å². The van der Waals surface area contributed by atoms with Gasteiger partial charge in [-0.2, -0.15) is 18.3 Å². The first kappa shape index (κ1) is 22.2. The molecule has 1 fully saturated rings. The van der Waals surface area contributed by atoms with Crippen LogP contribution in [0, 0.1) is 6.92 Å². The molecule has 2 heterocycles. The predicted octanol–water partition coefficient (Wildman–Crippen LogP) is 2.17. The summed E-state index contributed by atoms with van der Waals surface area (Å²) in [5.74, 6) is -0.556. The van der Waals surface area contributed by atoms with Gasteiger partial charge in [-0.1, -0.05) is 18.2 Å². The van der Waals surface area contributed by atoms with Crippen molar-refractivity contribution in [1.29, 1.82) is 0 Å². The fourth-order valence-corrected chi connectivity index (χ4v) is 3.19. The lowest BCUT2D eigenvalue weighted by Crippen LogP contribution is -2.57. The van der Waals surface area contributed by atoms with Gasteiger partial charge in [0.15, 0.2) is 0 Å². The zero-order valence-corrected chi connectivity index (χ0v) is 16.2. The Bertz CT molecular complexity index is 775. The number of rotatable bonds is 5. The maximum absolute atomic E-state index is 13.4. The van der Waals surface area contributed by atoms with Gasteiger partial charge in [0.05, 0.1) is 23.1 Å². The Morgan fingerprint density at radius 1 is 1.25 bits per heavy atom. The van der Waals surface area contributed by atoms with Crippen molar-refractivity contribution < 1.29 is 18.0 Å². The average molecular weight is 418 g/mol. The van der Waals surface area contributed by atoms with E-state index in [1.54, 1.807) is 11.6 Å². The van der Waals surface area contributed by atoms with Crippen molar-refractivity contribution in [2.24, 2.45) is 0 Å². The number of benzene rings is 1. The number of halogens is 4. The van der Waals surface area contributed by atoms with Crippen LogP contribution in [0.4, 0.5) is 13.2 Å². The Morgan fingerprint density at radius 3 is 2.50 bits per heavy atom. The highest BCUT2D eigenvalue weighted by Crippen LogP contribution is 2.25. The lowest BCUT2D eigenvalue weighted by Gasteiger charge is -2.35. The molecule has 1 aromatic carbocycles. The molecule has 10 heteroatoms. The van der Waals surface area contributed by atoms with E-state index in [4.69, 9.17) is 0 Å². The molecule has 1 aliphatic rings. The van der Waals surface area contributed by atoms with E-state index in [2.05, 4.69) is 15.7 Å². The molecule has 2 N–H and O–H groups in total. The summed E-state index contributed by atoms with van der Waals surface area (Å²) in [5, 5.41) is 9.65. The van der Waals surface area contributed by atoms with Crippen molar-refractivity contribution >= 4 is 18.3 Å². The van der Waals surface area contributed by atoms with Gasteiger partial charge >= 0.3 is 6.18 Å². The molecule has 0 saturated carbocycles. The summed E-state index contributed by atoms with van der Waals surface area (Å²) in [7, 11) is 0. The molecule has 0 bridgehead atoms. The normalized spacial score (nSPS) is 16.3.